The molecule has 0 N–H and O–H groups in total. The van der Waals surface area contributed by atoms with E-state index in [1.807, 2.05) is 6.08 Å². The molecule has 0 saturated heterocycles. The Bertz CT molecular complexity index is 1720. The first-order valence-electron chi connectivity index (χ1n) is 28.6. The number of ether oxygens (including phenoxy) is 3. The summed E-state index contributed by atoms with van der Waals surface area (Å²) in [5.41, 5.74) is 0. The van der Waals surface area contributed by atoms with Crippen LogP contribution in [-0.2, 0) is 28.6 Å². The molecule has 406 valence electrons. The van der Waals surface area contributed by atoms with Gasteiger partial charge in [0.15, 0.2) is 6.10 Å². The fourth-order valence-corrected chi connectivity index (χ4v) is 7.00. The molecule has 0 radical (unpaired) electrons. The van der Waals surface area contributed by atoms with Crippen molar-refractivity contribution in [2.45, 2.75) is 219 Å². The van der Waals surface area contributed by atoms with Crippen LogP contribution in [0.15, 0.2) is 170 Å². The lowest BCUT2D eigenvalue weighted by Gasteiger charge is -2.18. The normalized spacial score (nSPS) is 13.4. The third kappa shape index (κ3) is 57.5. The summed E-state index contributed by atoms with van der Waals surface area (Å²) in [4.78, 5) is 38.1. The second-order valence-electron chi connectivity index (χ2n) is 18.1. The molecule has 73 heavy (non-hydrogen) atoms. The maximum atomic E-state index is 12.8. The van der Waals surface area contributed by atoms with E-state index in [0.717, 1.165) is 141 Å². The van der Waals surface area contributed by atoms with Crippen LogP contribution in [0.2, 0.25) is 0 Å². The molecule has 0 spiro atoms. The third-order valence-corrected chi connectivity index (χ3v) is 11.2. The van der Waals surface area contributed by atoms with Crippen LogP contribution in [0, 0.1) is 0 Å². The van der Waals surface area contributed by atoms with Crippen LogP contribution in [-0.4, -0.2) is 37.2 Å². The SMILES string of the molecule is CC/C=C\C/C=C\C/C=C\C/C=C\C/C=C\C/C=C\C/C=C\CCCCCC(=O)OCC(COC(=O)CCCCCCC/C=C\C/C=C\CCCCC)OC(=O)C/C=C\C/C=C\C/C=C\C/C=C\C/C=C\CC. The first kappa shape index (κ1) is 67.8. The van der Waals surface area contributed by atoms with Crippen molar-refractivity contribution in [1.82, 2.24) is 0 Å². The molecule has 0 aromatic rings. The summed E-state index contributed by atoms with van der Waals surface area (Å²) in [6.07, 6.45) is 88.0. The fraction of sp³-hybridized carbons (Fsp3) is 0.537. The van der Waals surface area contributed by atoms with E-state index >= 15 is 0 Å². The van der Waals surface area contributed by atoms with E-state index in [0.29, 0.717) is 12.8 Å². The minimum atomic E-state index is -0.862. The van der Waals surface area contributed by atoms with Crippen molar-refractivity contribution in [3.8, 4) is 0 Å². The van der Waals surface area contributed by atoms with Gasteiger partial charge in [-0.05, 0) is 135 Å². The van der Waals surface area contributed by atoms with Crippen LogP contribution in [0.25, 0.3) is 0 Å². The fourth-order valence-electron chi connectivity index (χ4n) is 7.00. The lowest BCUT2D eigenvalue weighted by atomic mass is 10.1. The highest BCUT2D eigenvalue weighted by Crippen LogP contribution is 2.11. The second-order valence-corrected chi connectivity index (χ2v) is 18.1. The van der Waals surface area contributed by atoms with E-state index in [1.54, 1.807) is 6.08 Å². The second kappa shape index (κ2) is 59.3. The Morgan fingerprint density at radius 1 is 0.301 bits per heavy atom. The number of hydrogen-bond donors (Lipinski definition) is 0. The lowest BCUT2D eigenvalue weighted by molar-refractivity contribution is -0.166. The predicted octanol–water partition coefficient (Wildman–Crippen LogP) is 19.5. The summed E-state index contributed by atoms with van der Waals surface area (Å²) in [6, 6.07) is 0. The van der Waals surface area contributed by atoms with Crippen LogP contribution in [0.5, 0.6) is 0 Å². The van der Waals surface area contributed by atoms with Crippen LogP contribution in [0.1, 0.15) is 213 Å². The van der Waals surface area contributed by atoms with Gasteiger partial charge in [0.2, 0.25) is 0 Å². The third-order valence-electron chi connectivity index (χ3n) is 11.2. The molecule has 0 aliphatic carbocycles. The number of carbonyl (C=O) groups excluding carboxylic acids is 3. The molecular weight excluding hydrogens is 901 g/mol. The number of carbonyl (C=O) groups is 3. The van der Waals surface area contributed by atoms with Gasteiger partial charge in [-0.2, -0.15) is 0 Å². The maximum absolute atomic E-state index is 12.8. The van der Waals surface area contributed by atoms with Gasteiger partial charge in [0.05, 0.1) is 6.42 Å². The van der Waals surface area contributed by atoms with Crippen molar-refractivity contribution in [3.63, 3.8) is 0 Å². The zero-order valence-electron chi connectivity index (χ0n) is 46.3. The van der Waals surface area contributed by atoms with Crippen LogP contribution in [0.4, 0.5) is 0 Å². The van der Waals surface area contributed by atoms with Gasteiger partial charge in [0, 0.05) is 12.8 Å². The molecule has 0 amide bonds. The highest BCUT2D eigenvalue weighted by Gasteiger charge is 2.19. The summed E-state index contributed by atoms with van der Waals surface area (Å²) in [5, 5.41) is 0. The molecule has 1 atom stereocenters. The van der Waals surface area contributed by atoms with E-state index in [4.69, 9.17) is 14.2 Å². The number of rotatable bonds is 49. The van der Waals surface area contributed by atoms with Crippen LogP contribution < -0.4 is 0 Å². The van der Waals surface area contributed by atoms with Crippen molar-refractivity contribution in [1.29, 1.82) is 0 Å². The molecule has 0 aromatic heterocycles. The van der Waals surface area contributed by atoms with Gasteiger partial charge in [-0.1, -0.05) is 229 Å². The molecule has 6 nitrogen and oxygen atoms in total. The summed E-state index contributed by atoms with van der Waals surface area (Å²) in [5.74, 6) is -1.13. The van der Waals surface area contributed by atoms with Crippen LogP contribution >= 0.6 is 0 Å². The molecule has 0 rings (SSSR count). The van der Waals surface area contributed by atoms with Gasteiger partial charge in [0.1, 0.15) is 13.2 Å². The molecule has 0 fully saturated rings. The van der Waals surface area contributed by atoms with Crippen molar-refractivity contribution in [2.24, 2.45) is 0 Å². The molecule has 0 aromatic carbocycles. The van der Waals surface area contributed by atoms with E-state index in [1.165, 1.54) is 25.7 Å². The van der Waals surface area contributed by atoms with Crippen molar-refractivity contribution >= 4 is 17.9 Å². The zero-order valence-corrected chi connectivity index (χ0v) is 46.3. The summed E-state index contributed by atoms with van der Waals surface area (Å²) in [6.45, 7) is 6.23. The largest absolute Gasteiger partial charge is 0.462 e. The minimum Gasteiger partial charge on any atom is -0.462 e. The molecular formula is C67H102O6. The monoisotopic (exact) mass is 1000 g/mol. The zero-order chi connectivity index (χ0) is 52.9. The summed E-state index contributed by atoms with van der Waals surface area (Å²) in [7, 11) is 0. The topological polar surface area (TPSA) is 78.9 Å². The van der Waals surface area contributed by atoms with Gasteiger partial charge in [-0.3, -0.25) is 14.4 Å². The molecule has 0 saturated carbocycles. The summed E-state index contributed by atoms with van der Waals surface area (Å²) < 4.78 is 16.7. The van der Waals surface area contributed by atoms with Gasteiger partial charge in [0.25, 0.3) is 0 Å². The molecule has 0 aliphatic heterocycles. The Morgan fingerprint density at radius 3 is 0.918 bits per heavy atom. The van der Waals surface area contributed by atoms with Crippen molar-refractivity contribution in [3.05, 3.63) is 170 Å². The molecule has 1 unspecified atom stereocenters. The summed E-state index contributed by atoms with van der Waals surface area (Å²) >= 11 is 0. The molecule has 6 heteroatoms. The average Bonchev–Trinajstić information content (AvgIpc) is 3.39. The first-order chi connectivity index (χ1) is 36.0. The Morgan fingerprint density at radius 2 is 0.575 bits per heavy atom. The van der Waals surface area contributed by atoms with E-state index < -0.39 is 12.1 Å². The van der Waals surface area contributed by atoms with Gasteiger partial charge < -0.3 is 14.2 Å². The molecule has 0 aliphatic rings. The number of unbranched alkanes of at least 4 members (excludes halogenated alkanes) is 11. The smallest absolute Gasteiger partial charge is 0.310 e. The Balaban J connectivity index is 4.57. The van der Waals surface area contributed by atoms with E-state index in [-0.39, 0.29) is 38.0 Å². The standard InChI is InChI=1S/C67H102O6/c1-4-7-10-13-16-19-22-25-28-29-30-31-32-33-34-35-36-37-40-42-45-48-51-54-57-60-66(69)72-63-64(73-67(70)61-58-55-52-49-46-43-39-27-24-21-18-15-12-9-6-3)62-71-65(68)59-56-53-50-47-44-41-38-26-23-20-17-14-11-8-5-2/h7,9-10,12,16-21,25-28,30-31,33-34,36-39,42,45-46,49,55,58,64H,4-6,8,11,13-15,22-24,29,32,35,40-41,43-44,47-48,50-54,56-57,59-63H2,1-3H3/b10-7-,12-9-,19-16-,20-17-,21-18-,28-25-,31-30-,34-33-,37-36-,38-26-,39-27-,45-42-,49-46-,58-55-. The quantitative estimate of drug-likeness (QED) is 0.0261. The van der Waals surface area contributed by atoms with Crippen molar-refractivity contribution < 1.29 is 28.6 Å². The lowest BCUT2D eigenvalue weighted by Crippen LogP contribution is -2.30. The minimum absolute atomic E-state index is 0.0771. The van der Waals surface area contributed by atoms with Gasteiger partial charge >= 0.3 is 17.9 Å². The number of allylic oxidation sites excluding steroid dienone is 27. The van der Waals surface area contributed by atoms with Gasteiger partial charge in [-0.15, -0.1) is 0 Å². The van der Waals surface area contributed by atoms with Crippen molar-refractivity contribution in [2.75, 3.05) is 13.2 Å². The number of esters is 3. The van der Waals surface area contributed by atoms with Crippen LogP contribution in [0.3, 0.4) is 0 Å². The first-order valence-corrected chi connectivity index (χ1v) is 28.6. The Hall–Kier alpha value is -5.23. The highest BCUT2D eigenvalue weighted by atomic mass is 16.6. The van der Waals surface area contributed by atoms with E-state index in [2.05, 4.69) is 179 Å². The van der Waals surface area contributed by atoms with E-state index in [9.17, 15) is 14.4 Å². The molecule has 0 bridgehead atoms. The Labute approximate surface area is 447 Å². The maximum Gasteiger partial charge on any atom is 0.310 e. The average molecular weight is 1000 g/mol. The predicted molar refractivity (Wildman–Crippen MR) is 315 cm³/mol. The Kier molecular flexibility index (Phi) is 55.1. The molecule has 0 heterocycles. The van der Waals surface area contributed by atoms with Gasteiger partial charge in [-0.25, -0.2) is 0 Å². The highest BCUT2D eigenvalue weighted by molar-refractivity contribution is 5.72. The number of hydrogen-bond acceptors (Lipinski definition) is 6.